The van der Waals surface area contributed by atoms with Gasteiger partial charge in [-0.15, -0.1) is 11.6 Å². The molecule has 2 rings (SSSR count). The maximum absolute atomic E-state index is 13.1. The summed E-state index contributed by atoms with van der Waals surface area (Å²) in [5, 5.41) is -0.0319. The normalized spacial score (nSPS) is 23.4. The average molecular weight is 290 g/mol. The summed E-state index contributed by atoms with van der Waals surface area (Å²) in [7, 11) is 0. The zero-order valence-electron chi connectivity index (χ0n) is 10.00. The minimum absolute atomic E-state index is 0.0319. The van der Waals surface area contributed by atoms with Gasteiger partial charge in [-0.05, 0) is 30.5 Å². The lowest BCUT2D eigenvalue weighted by molar-refractivity contribution is 0.0737. The smallest absolute Gasteiger partial charge is 0.254 e. The van der Waals surface area contributed by atoms with Crippen molar-refractivity contribution in [2.45, 2.75) is 19.4 Å². The maximum Gasteiger partial charge on any atom is 0.254 e. The van der Waals surface area contributed by atoms with Gasteiger partial charge in [0.2, 0.25) is 0 Å². The van der Waals surface area contributed by atoms with Gasteiger partial charge in [-0.2, -0.15) is 0 Å². The number of carbonyl (C=O) groups excluding carboxylic acids is 1. The molecule has 0 radical (unpaired) electrons. The van der Waals surface area contributed by atoms with Crippen LogP contribution in [-0.4, -0.2) is 29.3 Å². The quantitative estimate of drug-likeness (QED) is 0.762. The van der Waals surface area contributed by atoms with E-state index >= 15 is 0 Å². The summed E-state index contributed by atoms with van der Waals surface area (Å²) in [6.07, 6.45) is 0.943. The van der Waals surface area contributed by atoms with Crippen molar-refractivity contribution < 1.29 is 9.18 Å². The Hall–Kier alpha value is -0.800. The molecule has 0 spiro atoms. The van der Waals surface area contributed by atoms with E-state index in [1.54, 1.807) is 4.90 Å². The number of hydrogen-bond acceptors (Lipinski definition) is 1. The van der Waals surface area contributed by atoms with Gasteiger partial charge in [0.05, 0.1) is 5.02 Å². The number of hydrogen-bond donors (Lipinski definition) is 0. The van der Waals surface area contributed by atoms with Gasteiger partial charge in [0, 0.05) is 24.0 Å². The van der Waals surface area contributed by atoms with Crippen LogP contribution in [0.2, 0.25) is 5.02 Å². The highest BCUT2D eigenvalue weighted by Gasteiger charge is 2.34. The molecular formula is C13H14Cl2FNO. The van der Waals surface area contributed by atoms with Crippen LogP contribution >= 0.6 is 23.2 Å². The van der Waals surface area contributed by atoms with Crippen LogP contribution in [0.15, 0.2) is 18.2 Å². The van der Waals surface area contributed by atoms with Crippen LogP contribution in [-0.2, 0) is 0 Å². The topological polar surface area (TPSA) is 20.3 Å². The van der Waals surface area contributed by atoms with E-state index < -0.39 is 5.82 Å². The van der Waals surface area contributed by atoms with E-state index in [-0.39, 0.29) is 17.0 Å². The van der Waals surface area contributed by atoms with E-state index in [1.807, 2.05) is 0 Å². The summed E-state index contributed by atoms with van der Waals surface area (Å²) in [6.45, 7) is 2.77. The molecule has 5 heteroatoms. The Morgan fingerprint density at radius 2 is 2.28 bits per heavy atom. The van der Waals surface area contributed by atoms with Crippen molar-refractivity contribution in [3.63, 3.8) is 0 Å². The van der Waals surface area contributed by atoms with Crippen LogP contribution < -0.4 is 0 Å². The predicted octanol–water partition coefficient (Wildman–Crippen LogP) is 3.57. The number of carbonyl (C=O) groups is 1. The molecule has 0 saturated carbocycles. The van der Waals surface area contributed by atoms with Crippen molar-refractivity contribution in [3.05, 3.63) is 34.6 Å². The molecule has 1 aliphatic rings. The Morgan fingerprint density at radius 1 is 1.56 bits per heavy atom. The van der Waals surface area contributed by atoms with Crippen LogP contribution in [0.4, 0.5) is 4.39 Å². The summed E-state index contributed by atoms with van der Waals surface area (Å²) in [6, 6.07) is 4.08. The first kappa shape index (κ1) is 13.6. The molecule has 98 valence electrons. The number of rotatable bonds is 2. The Morgan fingerprint density at radius 3 is 2.89 bits per heavy atom. The predicted molar refractivity (Wildman–Crippen MR) is 70.7 cm³/mol. The van der Waals surface area contributed by atoms with Crippen molar-refractivity contribution in [2.24, 2.45) is 5.92 Å². The molecule has 0 bridgehead atoms. The van der Waals surface area contributed by atoms with E-state index in [1.165, 1.54) is 18.2 Å². The molecule has 2 nitrogen and oxygen atoms in total. The van der Waals surface area contributed by atoms with Gasteiger partial charge >= 0.3 is 0 Å². The fourth-order valence-corrected chi connectivity index (χ4v) is 2.94. The summed E-state index contributed by atoms with van der Waals surface area (Å²) >= 11 is 11.6. The molecule has 0 aliphatic carbocycles. The number of alkyl halides is 1. The number of amides is 1. The lowest BCUT2D eigenvalue weighted by atomic mass is 10.0. The Labute approximate surface area is 116 Å². The summed E-state index contributed by atoms with van der Waals surface area (Å²) in [4.78, 5) is 14.1. The van der Waals surface area contributed by atoms with Crippen molar-refractivity contribution in [3.8, 4) is 0 Å². The summed E-state index contributed by atoms with van der Waals surface area (Å²) in [5.41, 5.74) is 0.408. The Balaban J connectivity index is 2.23. The van der Waals surface area contributed by atoms with E-state index in [4.69, 9.17) is 23.2 Å². The molecule has 1 aromatic rings. The van der Waals surface area contributed by atoms with Gasteiger partial charge in [-0.1, -0.05) is 18.5 Å². The molecule has 1 heterocycles. The van der Waals surface area contributed by atoms with Crippen LogP contribution in [0.5, 0.6) is 0 Å². The zero-order chi connectivity index (χ0) is 13.3. The lowest BCUT2D eigenvalue weighted by Crippen LogP contribution is -2.38. The first-order chi connectivity index (χ1) is 8.54. The molecule has 1 saturated heterocycles. The second-order valence-electron chi connectivity index (χ2n) is 4.62. The van der Waals surface area contributed by atoms with Gasteiger partial charge in [0.25, 0.3) is 5.91 Å². The van der Waals surface area contributed by atoms with Gasteiger partial charge in [-0.3, -0.25) is 4.79 Å². The molecule has 2 unspecified atom stereocenters. The minimum Gasteiger partial charge on any atom is -0.334 e. The number of benzene rings is 1. The van der Waals surface area contributed by atoms with Crippen molar-refractivity contribution >= 4 is 29.1 Å². The van der Waals surface area contributed by atoms with E-state index in [2.05, 4.69) is 6.92 Å². The number of nitrogens with zero attached hydrogens (tertiary/aromatic N) is 1. The minimum atomic E-state index is -0.517. The largest absolute Gasteiger partial charge is 0.334 e. The summed E-state index contributed by atoms with van der Waals surface area (Å²) in [5.74, 6) is 0.160. The van der Waals surface area contributed by atoms with E-state index in [0.29, 0.717) is 23.9 Å². The third-order valence-electron chi connectivity index (χ3n) is 3.47. The second kappa shape index (κ2) is 5.45. The van der Waals surface area contributed by atoms with Gasteiger partial charge in [0.15, 0.2) is 0 Å². The fourth-order valence-electron chi connectivity index (χ4n) is 2.29. The molecule has 1 aliphatic heterocycles. The first-order valence-electron chi connectivity index (χ1n) is 5.86. The Kier molecular flexibility index (Phi) is 4.13. The fraction of sp³-hybridized carbons (Fsp3) is 0.462. The molecule has 1 aromatic carbocycles. The highest BCUT2D eigenvalue weighted by Crippen LogP contribution is 2.27. The highest BCUT2D eigenvalue weighted by atomic mass is 35.5. The van der Waals surface area contributed by atoms with Crippen molar-refractivity contribution in [1.29, 1.82) is 0 Å². The van der Waals surface area contributed by atoms with Gasteiger partial charge in [-0.25, -0.2) is 4.39 Å². The van der Waals surface area contributed by atoms with E-state index in [0.717, 1.165) is 6.42 Å². The van der Waals surface area contributed by atoms with Crippen molar-refractivity contribution in [2.75, 3.05) is 12.4 Å². The van der Waals surface area contributed by atoms with Crippen molar-refractivity contribution in [1.82, 2.24) is 4.90 Å². The molecule has 1 fully saturated rings. The molecular weight excluding hydrogens is 276 g/mol. The zero-order valence-corrected chi connectivity index (χ0v) is 11.5. The van der Waals surface area contributed by atoms with Crippen LogP contribution in [0, 0.1) is 11.7 Å². The van der Waals surface area contributed by atoms with Gasteiger partial charge < -0.3 is 4.90 Å². The summed E-state index contributed by atoms with van der Waals surface area (Å²) < 4.78 is 13.1. The molecule has 1 amide bonds. The lowest BCUT2D eigenvalue weighted by Gasteiger charge is -2.25. The van der Waals surface area contributed by atoms with Gasteiger partial charge in [0.1, 0.15) is 5.82 Å². The van der Waals surface area contributed by atoms with Crippen LogP contribution in [0.25, 0.3) is 0 Å². The molecule has 18 heavy (non-hydrogen) atoms. The van der Waals surface area contributed by atoms with Crippen LogP contribution in [0.1, 0.15) is 23.7 Å². The standard InChI is InChI=1S/C13H14Cl2FNO/c1-8-4-5-17(12(8)7-14)13(18)9-2-3-11(16)10(15)6-9/h2-3,6,8,12H,4-5,7H2,1H3. The SMILES string of the molecule is CC1CCN(C(=O)c2ccc(F)c(Cl)c2)C1CCl. The molecule has 0 N–H and O–H groups in total. The maximum atomic E-state index is 13.1. The molecule has 0 aromatic heterocycles. The first-order valence-corrected chi connectivity index (χ1v) is 6.78. The third-order valence-corrected chi connectivity index (χ3v) is 4.07. The Bertz CT molecular complexity index is 466. The molecule has 2 atom stereocenters. The third kappa shape index (κ3) is 2.47. The number of halogens is 3. The monoisotopic (exact) mass is 289 g/mol. The highest BCUT2D eigenvalue weighted by molar-refractivity contribution is 6.31. The van der Waals surface area contributed by atoms with E-state index in [9.17, 15) is 9.18 Å². The van der Waals surface area contributed by atoms with Crippen LogP contribution in [0.3, 0.4) is 0 Å². The average Bonchev–Trinajstić information content (AvgIpc) is 2.73. The number of likely N-dealkylation sites (tertiary alicyclic amines) is 1. The second-order valence-corrected chi connectivity index (χ2v) is 5.33.